The van der Waals surface area contributed by atoms with Gasteiger partial charge in [0.2, 0.25) is 5.88 Å². The van der Waals surface area contributed by atoms with Gasteiger partial charge in [-0.25, -0.2) is 13.8 Å². The van der Waals surface area contributed by atoms with Gasteiger partial charge < -0.3 is 24.8 Å². The van der Waals surface area contributed by atoms with Gasteiger partial charge in [0.25, 0.3) is 0 Å². The molecule has 0 bridgehead atoms. The third-order valence-electron chi connectivity index (χ3n) is 9.33. The van der Waals surface area contributed by atoms with Crippen LogP contribution in [-0.4, -0.2) is 84.2 Å². The lowest BCUT2D eigenvalue weighted by Crippen LogP contribution is -2.48. The molecule has 3 aromatic rings. The minimum Gasteiger partial charge on any atom is -0.477 e. The van der Waals surface area contributed by atoms with Gasteiger partial charge in [-0.15, -0.1) is 0 Å². The van der Waals surface area contributed by atoms with E-state index < -0.39 is 45.5 Å². The van der Waals surface area contributed by atoms with Crippen molar-refractivity contribution in [1.29, 1.82) is 0 Å². The third kappa shape index (κ3) is 4.85. The molecule has 2 N–H and O–H groups in total. The molecule has 4 aliphatic rings. The third-order valence-corrected chi connectivity index (χ3v) is 9.62. The second-order valence-electron chi connectivity index (χ2n) is 12.0. The van der Waals surface area contributed by atoms with Gasteiger partial charge in [-0.2, -0.15) is 23.1 Å². The van der Waals surface area contributed by atoms with Crippen molar-refractivity contribution < 1.29 is 36.2 Å². The average molecular weight is 641 g/mol. The number of ether oxygens (including phenoxy) is 3. The number of aromatic nitrogens is 3. The summed E-state index contributed by atoms with van der Waals surface area (Å²) >= 11 is 6.00. The monoisotopic (exact) mass is 640 g/mol. The molecule has 3 fully saturated rings. The van der Waals surface area contributed by atoms with Crippen LogP contribution in [0.2, 0.25) is 5.02 Å². The maximum Gasteiger partial charge on any atom is 0.418 e. The van der Waals surface area contributed by atoms with Crippen LogP contribution in [0.15, 0.2) is 12.1 Å². The Labute approximate surface area is 254 Å². The number of alkyl halides is 4. The number of rotatable bonds is 4. The Kier molecular flexibility index (Phi) is 7.16. The van der Waals surface area contributed by atoms with Crippen molar-refractivity contribution in [2.24, 2.45) is 5.92 Å². The number of nitrogens with zero attached hydrogens (tertiary/aromatic N) is 5. The Morgan fingerprint density at radius 2 is 2.02 bits per heavy atom. The molecule has 236 valence electrons. The van der Waals surface area contributed by atoms with Gasteiger partial charge in [0.15, 0.2) is 5.82 Å². The summed E-state index contributed by atoms with van der Waals surface area (Å²) in [6, 6.07) is 1.54. The predicted octanol–water partition coefficient (Wildman–Crippen LogP) is 5.27. The van der Waals surface area contributed by atoms with Crippen LogP contribution in [0.5, 0.6) is 11.9 Å². The highest BCUT2D eigenvalue weighted by molar-refractivity contribution is 6.32. The highest BCUT2D eigenvalue weighted by Crippen LogP contribution is 2.47. The van der Waals surface area contributed by atoms with E-state index >= 15 is 4.39 Å². The van der Waals surface area contributed by atoms with Crippen LogP contribution in [0.25, 0.3) is 22.2 Å². The Morgan fingerprint density at radius 3 is 2.82 bits per heavy atom. The van der Waals surface area contributed by atoms with E-state index in [4.69, 9.17) is 31.5 Å². The molecule has 0 saturated carbocycles. The van der Waals surface area contributed by atoms with Crippen LogP contribution in [0.4, 0.5) is 33.5 Å². The molecule has 0 aliphatic carbocycles. The van der Waals surface area contributed by atoms with Gasteiger partial charge in [0.05, 0.1) is 35.4 Å². The topological polar surface area (TPSA) is 98.9 Å². The fourth-order valence-electron chi connectivity index (χ4n) is 7.19. The zero-order chi connectivity index (χ0) is 31.0. The van der Waals surface area contributed by atoms with Crippen molar-refractivity contribution in [3.63, 3.8) is 0 Å². The first-order valence-electron chi connectivity index (χ1n) is 14.5. The first kappa shape index (κ1) is 29.5. The summed E-state index contributed by atoms with van der Waals surface area (Å²) in [5, 5.41) is -0.614. The van der Waals surface area contributed by atoms with Gasteiger partial charge in [0, 0.05) is 43.8 Å². The van der Waals surface area contributed by atoms with E-state index in [1.165, 1.54) is 0 Å². The molecule has 0 amide bonds. The lowest BCUT2D eigenvalue weighted by Gasteiger charge is -2.40. The van der Waals surface area contributed by atoms with Crippen molar-refractivity contribution >= 4 is 34.0 Å². The largest absolute Gasteiger partial charge is 0.477 e. The number of halogens is 6. The number of anilines is 2. The number of nitrogens with two attached hydrogens (primary N) is 1. The summed E-state index contributed by atoms with van der Waals surface area (Å²) in [6.45, 7) is 2.16. The van der Waals surface area contributed by atoms with E-state index in [-0.39, 0.29) is 59.5 Å². The smallest absolute Gasteiger partial charge is 0.418 e. The summed E-state index contributed by atoms with van der Waals surface area (Å²) in [5.74, 6) is -1.08. The number of nitrogen functional groups attached to an aromatic ring is 1. The first-order valence-corrected chi connectivity index (χ1v) is 14.9. The van der Waals surface area contributed by atoms with E-state index in [2.05, 4.69) is 19.9 Å². The molecule has 15 heteroatoms. The number of hydrogen-bond acceptors (Lipinski definition) is 9. The van der Waals surface area contributed by atoms with Gasteiger partial charge >= 0.3 is 12.2 Å². The van der Waals surface area contributed by atoms with Crippen LogP contribution in [0.3, 0.4) is 0 Å². The van der Waals surface area contributed by atoms with Gasteiger partial charge in [0.1, 0.15) is 35.2 Å². The number of likely N-dealkylation sites (N-methyl/N-ethyl adjacent to an activating group) is 1. The van der Waals surface area contributed by atoms with E-state index in [1.807, 2.05) is 4.90 Å². The van der Waals surface area contributed by atoms with E-state index in [0.29, 0.717) is 32.6 Å². The molecule has 0 spiro atoms. The second-order valence-corrected chi connectivity index (χ2v) is 12.4. The van der Waals surface area contributed by atoms with Crippen molar-refractivity contribution in [2.45, 2.75) is 49.6 Å². The van der Waals surface area contributed by atoms with Crippen LogP contribution in [0, 0.1) is 11.7 Å². The summed E-state index contributed by atoms with van der Waals surface area (Å²) in [6.07, 6.45) is -3.37. The molecular weight excluding hydrogens is 611 g/mol. The van der Waals surface area contributed by atoms with E-state index in [0.717, 1.165) is 31.5 Å². The number of fused-ring (bicyclic) bond motifs is 2. The molecule has 2 aromatic heterocycles. The minimum absolute atomic E-state index is 0.0370. The normalized spacial score (nSPS) is 27.1. The van der Waals surface area contributed by atoms with Gasteiger partial charge in [-0.05, 0) is 37.9 Å². The molecular formula is C29H30ClF5N6O3. The van der Waals surface area contributed by atoms with Crippen molar-refractivity contribution in [2.75, 3.05) is 57.2 Å². The fourth-order valence-corrected chi connectivity index (χ4v) is 7.52. The van der Waals surface area contributed by atoms with E-state index in [1.54, 1.807) is 7.05 Å². The number of hydrogen-bond donors (Lipinski definition) is 1. The van der Waals surface area contributed by atoms with Crippen molar-refractivity contribution in [3.05, 3.63) is 28.5 Å². The molecule has 44 heavy (non-hydrogen) atoms. The molecule has 7 rings (SSSR count). The highest BCUT2D eigenvalue weighted by Gasteiger charge is 2.49. The minimum atomic E-state index is -4.95. The zero-order valence-electron chi connectivity index (χ0n) is 23.8. The average Bonchev–Trinajstić information content (AvgIpc) is 3.49. The molecule has 3 saturated heterocycles. The van der Waals surface area contributed by atoms with Crippen LogP contribution in [0.1, 0.15) is 31.2 Å². The summed E-state index contributed by atoms with van der Waals surface area (Å²) < 4.78 is 91.6. The number of benzene rings is 1. The summed E-state index contributed by atoms with van der Waals surface area (Å²) in [5.41, 5.74) is 2.27. The highest BCUT2D eigenvalue weighted by atomic mass is 35.5. The van der Waals surface area contributed by atoms with Crippen LogP contribution < -0.4 is 20.1 Å². The zero-order valence-corrected chi connectivity index (χ0v) is 24.5. The van der Waals surface area contributed by atoms with Crippen LogP contribution >= 0.6 is 11.6 Å². The first-order chi connectivity index (χ1) is 20.9. The van der Waals surface area contributed by atoms with Crippen LogP contribution in [-0.2, 0) is 10.9 Å². The number of pyridine rings is 1. The van der Waals surface area contributed by atoms with Gasteiger partial charge in [-0.1, -0.05) is 11.6 Å². The molecule has 0 radical (unpaired) electrons. The molecule has 2 unspecified atom stereocenters. The lowest BCUT2D eigenvalue weighted by atomic mass is 9.93. The molecule has 1 aromatic carbocycles. The standard InChI is InChI=1S/C29H30ClF5N6O3/c1-40-19-12-42-6-3-14(19)11-43-26-20-24(22(32)23(37-26)17-7-16(36)8-18(30)21(17)29(33,34)35)38-27(39-25(20)40)44-13-28-4-2-5-41(28)10-15(31)9-28/h7-8,14-15,19H,2-6,9-13,36H2,1H3/t14?,15-,19?,28+/m1/s1. The van der Waals surface area contributed by atoms with E-state index in [9.17, 15) is 17.6 Å². The fraction of sp³-hybridized carbons (Fsp3) is 0.552. The Balaban J connectivity index is 1.42. The van der Waals surface area contributed by atoms with Gasteiger partial charge in [-0.3, -0.25) is 4.90 Å². The molecule has 4 aliphatic heterocycles. The summed E-state index contributed by atoms with van der Waals surface area (Å²) in [4.78, 5) is 17.2. The molecule has 6 heterocycles. The summed E-state index contributed by atoms with van der Waals surface area (Å²) in [7, 11) is 1.78. The Morgan fingerprint density at radius 1 is 1.20 bits per heavy atom. The predicted molar refractivity (Wildman–Crippen MR) is 152 cm³/mol. The Bertz CT molecular complexity index is 1630. The molecule has 4 atom stereocenters. The van der Waals surface area contributed by atoms with Crippen molar-refractivity contribution in [1.82, 2.24) is 19.9 Å². The second kappa shape index (κ2) is 10.7. The maximum absolute atomic E-state index is 16.6. The SMILES string of the molecule is CN1c2nc(OC[C@@]34CCCN3C[C@H](F)C4)nc3c(F)c(-c4cc(N)cc(Cl)c4C(F)(F)F)nc(c23)OCC2CCOCC21. The molecule has 9 nitrogen and oxygen atoms in total. The lowest BCUT2D eigenvalue weighted by molar-refractivity contribution is -0.137. The van der Waals surface area contributed by atoms with Crippen molar-refractivity contribution in [3.8, 4) is 23.1 Å². The Hall–Kier alpha value is -3.23. The quantitative estimate of drug-likeness (QED) is 0.302. The maximum atomic E-state index is 16.6.